The summed E-state index contributed by atoms with van der Waals surface area (Å²) in [7, 11) is -4.28. The van der Waals surface area contributed by atoms with Crippen molar-refractivity contribution in [1.82, 2.24) is 4.57 Å². The maximum Gasteiger partial charge on any atom is 0.286 e. The molecule has 0 aliphatic carbocycles. The maximum atomic E-state index is 13.6. The van der Waals surface area contributed by atoms with Gasteiger partial charge in [-0.15, -0.1) is 4.40 Å². The molecule has 0 saturated heterocycles. The van der Waals surface area contributed by atoms with Gasteiger partial charge in [-0.25, -0.2) is 0 Å². The minimum absolute atomic E-state index is 0.0372. The van der Waals surface area contributed by atoms with E-state index in [2.05, 4.69) is 15.0 Å². The average Bonchev–Trinajstić information content (AvgIpc) is 2.86. The maximum absolute atomic E-state index is 13.6. The van der Waals surface area contributed by atoms with Crippen molar-refractivity contribution in [3.05, 3.63) is 52.3 Å². The summed E-state index contributed by atoms with van der Waals surface area (Å²) in [5.74, 6) is -0.284. The molecule has 0 saturated carbocycles. The zero-order chi connectivity index (χ0) is 26.7. The van der Waals surface area contributed by atoms with Crippen LogP contribution in [0.5, 0.6) is 11.5 Å². The largest absolute Gasteiger partial charge is 0.506 e. The van der Waals surface area contributed by atoms with E-state index < -0.39 is 21.3 Å². The molecule has 2 heterocycles. The smallest absolute Gasteiger partial charge is 0.286 e. The quantitative estimate of drug-likeness (QED) is 0.378. The first-order chi connectivity index (χ1) is 17.7. The number of aromatic nitrogens is 1. The minimum Gasteiger partial charge on any atom is -0.506 e. The van der Waals surface area contributed by atoms with Gasteiger partial charge in [-0.1, -0.05) is 13.8 Å². The summed E-state index contributed by atoms with van der Waals surface area (Å²) in [5, 5.41) is 34.9. The Bertz CT molecular complexity index is 1660. The van der Waals surface area contributed by atoms with Crippen molar-refractivity contribution in [1.29, 1.82) is 10.5 Å². The number of aromatic hydroxyl groups is 1. The Hall–Kier alpha value is -4.55. The van der Waals surface area contributed by atoms with Gasteiger partial charge < -0.3 is 25.0 Å². The van der Waals surface area contributed by atoms with E-state index in [-0.39, 0.29) is 46.8 Å². The van der Waals surface area contributed by atoms with Crippen molar-refractivity contribution < 1.29 is 18.3 Å². The van der Waals surface area contributed by atoms with Gasteiger partial charge in [-0.3, -0.25) is 4.79 Å². The number of ether oxygens (including phenoxy) is 1. The number of hydrogen-bond donors (Lipinski definition) is 3. The Morgan fingerprint density at radius 2 is 1.97 bits per heavy atom. The highest BCUT2D eigenvalue weighted by atomic mass is 32.2. The van der Waals surface area contributed by atoms with Crippen LogP contribution in [0.25, 0.3) is 10.9 Å². The van der Waals surface area contributed by atoms with Gasteiger partial charge in [0.1, 0.15) is 34.6 Å². The SMILES string of the molecule is CC(C)CCn1c(=O)c(C2=NS(=O)(=O)c3cc(OCC#N)ccc3N2)c(O)c2cc(NCC#N)ccc21. The van der Waals surface area contributed by atoms with E-state index in [4.69, 9.17) is 15.3 Å². The summed E-state index contributed by atoms with van der Waals surface area (Å²) in [4.78, 5) is 13.5. The molecule has 0 amide bonds. The van der Waals surface area contributed by atoms with E-state index in [0.717, 1.165) is 0 Å². The monoisotopic (exact) mass is 520 g/mol. The molecule has 0 spiro atoms. The van der Waals surface area contributed by atoms with Gasteiger partial charge >= 0.3 is 0 Å². The van der Waals surface area contributed by atoms with Crippen LogP contribution in [0.2, 0.25) is 0 Å². The highest BCUT2D eigenvalue weighted by Gasteiger charge is 2.30. The van der Waals surface area contributed by atoms with E-state index in [1.165, 1.54) is 22.8 Å². The molecular weight excluding hydrogens is 496 g/mol. The summed E-state index contributed by atoms with van der Waals surface area (Å²) in [6.45, 7) is 4.15. The first-order valence-corrected chi connectivity index (χ1v) is 12.9. The van der Waals surface area contributed by atoms with Gasteiger partial charge in [0.15, 0.2) is 12.4 Å². The number of aryl methyl sites for hydroxylation is 1. The first kappa shape index (κ1) is 25.5. The van der Waals surface area contributed by atoms with Crippen molar-refractivity contribution >= 4 is 38.1 Å². The fourth-order valence-corrected chi connectivity index (χ4v) is 5.11. The Morgan fingerprint density at radius 3 is 2.68 bits per heavy atom. The molecule has 12 heteroatoms. The topological polar surface area (TPSA) is 170 Å². The first-order valence-electron chi connectivity index (χ1n) is 11.4. The lowest BCUT2D eigenvalue weighted by atomic mass is 10.1. The standard InChI is InChI=1S/C25H24N6O5S/c1-15(2)7-11-31-20-6-3-16(28-10-8-26)13-18(20)23(32)22(25(31)33)24-29-19-5-4-17(36-12-9-27)14-21(19)37(34,35)30-24/h3-6,13-15,28,32H,7,10-12H2,1-2H3,(H,29,30). The fourth-order valence-electron chi connectivity index (χ4n) is 3.97. The fraction of sp³-hybridized carbons (Fsp3) is 0.280. The van der Waals surface area contributed by atoms with Crippen LogP contribution in [-0.4, -0.2) is 37.1 Å². The summed E-state index contributed by atoms with van der Waals surface area (Å²) >= 11 is 0. The average molecular weight is 521 g/mol. The Balaban J connectivity index is 1.90. The highest BCUT2D eigenvalue weighted by Crippen LogP contribution is 2.35. The van der Waals surface area contributed by atoms with Gasteiger partial charge in [-0.05, 0) is 42.7 Å². The number of amidine groups is 1. The molecule has 190 valence electrons. The van der Waals surface area contributed by atoms with Crippen molar-refractivity contribution in [2.45, 2.75) is 31.7 Å². The van der Waals surface area contributed by atoms with Gasteiger partial charge in [0.2, 0.25) is 0 Å². The normalized spacial score (nSPS) is 13.7. The highest BCUT2D eigenvalue weighted by molar-refractivity contribution is 7.90. The van der Waals surface area contributed by atoms with Gasteiger partial charge in [0.05, 0.1) is 17.3 Å². The third-order valence-electron chi connectivity index (χ3n) is 5.78. The Labute approximate surface area is 213 Å². The van der Waals surface area contributed by atoms with Crippen LogP contribution in [0, 0.1) is 28.6 Å². The number of anilines is 2. The van der Waals surface area contributed by atoms with E-state index in [9.17, 15) is 18.3 Å². The van der Waals surface area contributed by atoms with Crippen molar-refractivity contribution in [2.75, 3.05) is 23.8 Å². The molecule has 1 aliphatic rings. The molecule has 1 aliphatic heterocycles. The molecule has 4 rings (SSSR count). The molecule has 3 N–H and O–H groups in total. The van der Waals surface area contributed by atoms with Crippen LogP contribution in [0.4, 0.5) is 11.4 Å². The molecule has 0 radical (unpaired) electrons. The van der Waals surface area contributed by atoms with E-state index in [1.54, 1.807) is 18.2 Å². The summed E-state index contributed by atoms with van der Waals surface area (Å²) in [5.41, 5.74) is 0.278. The van der Waals surface area contributed by atoms with Gasteiger partial charge in [0.25, 0.3) is 15.6 Å². The second-order valence-corrected chi connectivity index (χ2v) is 10.3. The van der Waals surface area contributed by atoms with Crippen LogP contribution < -0.4 is 20.9 Å². The number of sulfonamides is 1. The van der Waals surface area contributed by atoms with Crippen molar-refractivity contribution in [2.24, 2.45) is 10.3 Å². The molecule has 0 fully saturated rings. The molecule has 2 aromatic carbocycles. The van der Waals surface area contributed by atoms with E-state index in [1.807, 2.05) is 26.0 Å². The number of nitriles is 2. The number of benzene rings is 2. The predicted octanol–water partition coefficient (Wildman–Crippen LogP) is 3.15. The van der Waals surface area contributed by atoms with Crippen molar-refractivity contribution in [3.8, 4) is 23.6 Å². The molecule has 11 nitrogen and oxygen atoms in total. The number of hydrogen-bond acceptors (Lipinski definition) is 9. The predicted molar refractivity (Wildman–Crippen MR) is 138 cm³/mol. The van der Waals surface area contributed by atoms with Crippen molar-refractivity contribution in [3.63, 3.8) is 0 Å². The lowest BCUT2D eigenvalue weighted by molar-refractivity contribution is 0.367. The zero-order valence-corrected chi connectivity index (χ0v) is 21.0. The Kier molecular flexibility index (Phi) is 7.05. The summed E-state index contributed by atoms with van der Waals surface area (Å²) in [6.07, 6.45) is 0.667. The molecule has 0 unspecified atom stereocenters. The van der Waals surface area contributed by atoms with E-state index in [0.29, 0.717) is 29.6 Å². The minimum atomic E-state index is -4.28. The Morgan fingerprint density at radius 1 is 1.19 bits per heavy atom. The third-order valence-corrected chi connectivity index (χ3v) is 7.09. The molecule has 1 aromatic heterocycles. The number of nitrogens with one attached hydrogen (secondary N) is 2. The van der Waals surface area contributed by atoms with Crippen LogP contribution in [0.1, 0.15) is 25.8 Å². The summed E-state index contributed by atoms with van der Waals surface area (Å²) in [6, 6.07) is 12.9. The lowest BCUT2D eigenvalue weighted by Gasteiger charge is -2.21. The van der Waals surface area contributed by atoms with Gasteiger partial charge in [-0.2, -0.15) is 18.9 Å². The number of rotatable bonds is 8. The molecular formula is C25H24N6O5S. The molecule has 3 aromatic rings. The van der Waals surface area contributed by atoms with Crippen LogP contribution in [0.15, 0.2) is 50.5 Å². The van der Waals surface area contributed by atoms with E-state index >= 15 is 0 Å². The second-order valence-electron chi connectivity index (χ2n) is 8.75. The summed E-state index contributed by atoms with van der Waals surface area (Å²) < 4.78 is 36.6. The van der Waals surface area contributed by atoms with Crippen LogP contribution in [-0.2, 0) is 16.6 Å². The lowest BCUT2D eigenvalue weighted by Crippen LogP contribution is -2.33. The number of nitrogens with zero attached hydrogens (tertiary/aromatic N) is 4. The van der Waals surface area contributed by atoms with Gasteiger partial charge in [0, 0.05) is 23.7 Å². The molecule has 0 bridgehead atoms. The zero-order valence-electron chi connectivity index (χ0n) is 20.1. The third kappa shape index (κ3) is 5.06. The molecule has 37 heavy (non-hydrogen) atoms. The second kappa shape index (κ2) is 10.2. The van der Waals surface area contributed by atoms with Crippen LogP contribution in [0.3, 0.4) is 0 Å². The molecule has 0 atom stereocenters. The number of fused-ring (bicyclic) bond motifs is 2. The van der Waals surface area contributed by atoms with Crippen LogP contribution >= 0.6 is 0 Å². The number of pyridine rings is 1.